The third kappa shape index (κ3) is 1.88. The van der Waals surface area contributed by atoms with Gasteiger partial charge in [-0.3, -0.25) is 9.69 Å². The van der Waals surface area contributed by atoms with Gasteiger partial charge in [0.25, 0.3) is 0 Å². The summed E-state index contributed by atoms with van der Waals surface area (Å²) in [5.41, 5.74) is 1.14. The number of aliphatic carboxylic acids is 1. The van der Waals surface area contributed by atoms with E-state index in [9.17, 15) is 9.90 Å². The standard InChI is InChI=1S/C25H29NO5/c1-29-17-6-5-15-11-18-23-7-8-25(30-2,16(12-23)21(27)28)22-24(23,19(15)20(17)31-22)9-10-26(18)13-14-3-4-14/h5-8,14,16,18,22H,3-4,9-13H2,1-2H3,(H,27,28)/t16-,18+,22?,23-,24+,25?/m1/s1. The number of fused-ring (bicyclic) bond motifs is 1. The third-order valence-electron chi connectivity index (χ3n) is 9.61. The van der Waals surface area contributed by atoms with Crippen molar-refractivity contribution in [1.29, 1.82) is 0 Å². The van der Waals surface area contributed by atoms with Crippen molar-refractivity contribution in [2.24, 2.45) is 17.3 Å². The van der Waals surface area contributed by atoms with Crippen molar-refractivity contribution in [3.8, 4) is 11.5 Å². The van der Waals surface area contributed by atoms with Crippen molar-refractivity contribution in [2.45, 2.75) is 55.3 Å². The van der Waals surface area contributed by atoms with Crippen LogP contribution in [0.2, 0.25) is 0 Å². The van der Waals surface area contributed by atoms with Gasteiger partial charge < -0.3 is 19.3 Å². The minimum Gasteiger partial charge on any atom is -0.493 e. The largest absolute Gasteiger partial charge is 0.493 e. The second-order valence-electron chi connectivity index (χ2n) is 10.5. The molecule has 1 saturated heterocycles. The number of ether oxygens (including phenoxy) is 3. The van der Waals surface area contributed by atoms with E-state index < -0.39 is 17.5 Å². The fraction of sp³-hybridized carbons (Fsp3) is 0.640. The number of nitrogens with zero attached hydrogens (tertiary/aromatic N) is 1. The van der Waals surface area contributed by atoms with Crippen LogP contribution in [0.4, 0.5) is 0 Å². The number of carboxylic acid groups (broad SMARTS) is 1. The summed E-state index contributed by atoms with van der Waals surface area (Å²) >= 11 is 0. The van der Waals surface area contributed by atoms with Crippen LogP contribution < -0.4 is 9.47 Å². The topological polar surface area (TPSA) is 68.2 Å². The van der Waals surface area contributed by atoms with Crippen molar-refractivity contribution in [1.82, 2.24) is 4.90 Å². The second kappa shape index (κ2) is 5.65. The molecule has 2 aliphatic heterocycles. The highest BCUT2D eigenvalue weighted by Crippen LogP contribution is 2.74. The summed E-state index contributed by atoms with van der Waals surface area (Å²) < 4.78 is 18.6. The molecule has 8 rings (SSSR count). The van der Waals surface area contributed by atoms with E-state index in [-0.39, 0.29) is 16.9 Å². The van der Waals surface area contributed by atoms with Gasteiger partial charge in [-0.15, -0.1) is 0 Å². The van der Waals surface area contributed by atoms with Crippen molar-refractivity contribution in [3.63, 3.8) is 0 Å². The summed E-state index contributed by atoms with van der Waals surface area (Å²) in [5.74, 6) is 0.961. The van der Waals surface area contributed by atoms with Gasteiger partial charge in [-0.1, -0.05) is 18.2 Å². The molecule has 4 bridgehead atoms. The van der Waals surface area contributed by atoms with Crippen LogP contribution in [-0.2, 0) is 21.4 Å². The average molecular weight is 424 g/mol. The van der Waals surface area contributed by atoms with Crippen molar-refractivity contribution >= 4 is 5.97 Å². The minimum absolute atomic E-state index is 0.251. The lowest BCUT2D eigenvalue weighted by Crippen LogP contribution is -2.79. The van der Waals surface area contributed by atoms with Gasteiger partial charge in [0.2, 0.25) is 0 Å². The Kier molecular flexibility index (Phi) is 3.37. The van der Waals surface area contributed by atoms with Crippen LogP contribution in [0.15, 0.2) is 24.3 Å². The van der Waals surface area contributed by atoms with E-state index >= 15 is 0 Å². The molecule has 3 fully saturated rings. The lowest BCUT2D eigenvalue weighted by atomic mass is 9.37. The number of likely N-dealkylation sites (tertiary alicyclic amines) is 1. The number of methoxy groups -OCH3 is 2. The zero-order valence-electron chi connectivity index (χ0n) is 18.1. The van der Waals surface area contributed by atoms with Gasteiger partial charge in [0.15, 0.2) is 11.5 Å². The van der Waals surface area contributed by atoms with Crippen LogP contribution >= 0.6 is 0 Å². The summed E-state index contributed by atoms with van der Waals surface area (Å²) in [6, 6.07) is 4.53. The predicted octanol–water partition coefficient (Wildman–Crippen LogP) is 2.78. The normalized spacial score (nSPS) is 43.5. The summed E-state index contributed by atoms with van der Waals surface area (Å²) in [6.07, 6.45) is 9.21. The molecule has 1 aromatic carbocycles. The SMILES string of the molecule is COc1ccc2c3c1OC1C4(OC)C=C[C@@]5(C[C@@H]4C(=O)O)[C@H](C2)N(CC2CC2)CC[C@]315. The van der Waals surface area contributed by atoms with Gasteiger partial charge >= 0.3 is 5.97 Å². The first-order chi connectivity index (χ1) is 15.0. The van der Waals surface area contributed by atoms with E-state index in [1.54, 1.807) is 14.2 Å². The maximum atomic E-state index is 12.5. The fourth-order valence-corrected chi connectivity index (χ4v) is 8.21. The molecule has 1 N–H and O–H groups in total. The highest BCUT2D eigenvalue weighted by Gasteiger charge is 2.80. The Morgan fingerprint density at radius 1 is 1.29 bits per heavy atom. The van der Waals surface area contributed by atoms with Crippen LogP contribution in [0.3, 0.4) is 0 Å². The molecule has 0 amide bonds. The van der Waals surface area contributed by atoms with E-state index in [1.807, 2.05) is 6.07 Å². The smallest absolute Gasteiger partial charge is 0.309 e. The number of piperidine rings is 1. The molecular weight excluding hydrogens is 394 g/mol. The summed E-state index contributed by atoms with van der Waals surface area (Å²) in [4.78, 5) is 15.2. The first-order valence-corrected chi connectivity index (χ1v) is 11.6. The quantitative estimate of drug-likeness (QED) is 0.735. The van der Waals surface area contributed by atoms with Crippen LogP contribution in [0.5, 0.6) is 11.5 Å². The molecule has 2 heterocycles. The minimum atomic E-state index is -0.963. The van der Waals surface area contributed by atoms with E-state index in [1.165, 1.54) is 24.0 Å². The van der Waals surface area contributed by atoms with E-state index in [4.69, 9.17) is 14.2 Å². The molecule has 6 atom stereocenters. The van der Waals surface area contributed by atoms with Crippen molar-refractivity contribution in [3.05, 3.63) is 35.4 Å². The molecule has 5 aliphatic carbocycles. The molecule has 1 aromatic rings. The number of hydrogen-bond donors (Lipinski definition) is 1. The molecule has 164 valence electrons. The van der Waals surface area contributed by atoms with E-state index in [0.717, 1.165) is 43.3 Å². The van der Waals surface area contributed by atoms with Gasteiger partial charge in [0, 0.05) is 30.7 Å². The van der Waals surface area contributed by atoms with Crippen LogP contribution in [0.25, 0.3) is 0 Å². The monoisotopic (exact) mass is 423 g/mol. The molecular formula is C25H29NO5. The first-order valence-electron chi connectivity index (χ1n) is 11.6. The predicted molar refractivity (Wildman–Crippen MR) is 113 cm³/mol. The third-order valence-corrected chi connectivity index (χ3v) is 9.61. The Labute approximate surface area is 182 Å². The average Bonchev–Trinajstić information content (AvgIpc) is 3.52. The van der Waals surface area contributed by atoms with Crippen molar-refractivity contribution < 1.29 is 24.1 Å². The van der Waals surface area contributed by atoms with Gasteiger partial charge in [0.05, 0.1) is 18.4 Å². The van der Waals surface area contributed by atoms with Crippen LogP contribution in [-0.4, -0.2) is 61.0 Å². The molecule has 31 heavy (non-hydrogen) atoms. The molecule has 0 aromatic heterocycles. The van der Waals surface area contributed by atoms with Gasteiger partial charge in [-0.25, -0.2) is 0 Å². The number of hydrogen-bond acceptors (Lipinski definition) is 5. The van der Waals surface area contributed by atoms with Gasteiger partial charge in [-0.2, -0.15) is 0 Å². The maximum absolute atomic E-state index is 12.5. The van der Waals surface area contributed by atoms with Gasteiger partial charge in [-0.05, 0) is 56.2 Å². The summed E-state index contributed by atoms with van der Waals surface area (Å²) in [5, 5.41) is 10.3. The Bertz CT molecular complexity index is 1030. The molecule has 7 aliphatic rings. The Morgan fingerprint density at radius 2 is 2.13 bits per heavy atom. The van der Waals surface area contributed by atoms with E-state index in [0.29, 0.717) is 12.5 Å². The highest BCUT2D eigenvalue weighted by atomic mass is 16.6. The molecule has 2 unspecified atom stereocenters. The Hall–Kier alpha value is -2.05. The second-order valence-corrected chi connectivity index (χ2v) is 10.5. The van der Waals surface area contributed by atoms with Gasteiger partial charge in [0.1, 0.15) is 11.7 Å². The van der Waals surface area contributed by atoms with Crippen LogP contribution in [0.1, 0.15) is 36.8 Å². The number of benzene rings is 1. The Morgan fingerprint density at radius 3 is 2.84 bits per heavy atom. The fourth-order valence-electron chi connectivity index (χ4n) is 8.21. The zero-order chi connectivity index (χ0) is 21.2. The lowest BCUT2D eigenvalue weighted by molar-refractivity contribution is -0.221. The summed E-state index contributed by atoms with van der Waals surface area (Å²) in [7, 11) is 3.32. The highest BCUT2D eigenvalue weighted by molar-refractivity contribution is 5.76. The van der Waals surface area contributed by atoms with Crippen molar-refractivity contribution in [2.75, 3.05) is 27.3 Å². The number of carboxylic acids is 1. The molecule has 0 radical (unpaired) electrons. The molecule has 2 saturated carbocycles. The molecule has 6 nitrogen and oxygen atoms in total. The molecule has 2 spiro atoms. The molecule has 6 heteroatoms. The number of rotatable bonds is 5. The Balaban J connectivity index is 1.51. The first kappa shape index (κ1) is 18.5. The number of carbonyl (C=O) groups is 1. The lowest BCUT2D eigenvalue weighted by Gasteiger charge is -2.70. The summed E-state index contributed by atoms with van der Waals surface area (Å²) in [6.45, 7) is 2.16. The van der Waals surface area contributed by atoms with Crippen LogP contribution in [0, 0.1) is 17.3 Å². The van der Waals surface area contributed by atoms with E-state index in [2.05, 4.69) is 23.1 Å². The maximum Gasteiger partial charge on any atom is 0.309 e. The zero-order valence-corrected chi connectivity index (χ0v) is 18.1.